The zero-order valence-electron chi connectivity index (χ0n) is 11.5. The van der Waals surface area contributed by atoms with Gasteiger partial charge in [-0.3, -0.25) is 0 Å². The summed E-state index contributed by atoms with van der Waals surface area (Å²) in [5.41, 5.74) is 5.55. The van der Waals surface area contributed by atoms with Crippen LogP contribution in [0.25, 0.3) is 0 Å². The number of halogens is 1. The summed E-state index contributed by atoms with van der Waals surface area (Å²) in [7, 11) is 0. The number of nitrogens with two attached hydrogens (primary N) is 1. The van der Waals surface area contributed by atoms with E-state index >= 15 is 0 Å². The van der Waals surface area contributed by atoms with Crippen molar-refractivity contribution in [1.29, 1.82) is 0 Å². The Balaban J connectivity index is 0.00000289. The van der Waals surface area contributed by atoms with Crippen molar-refractivity contribution in [3.63, 3.8) is 0 Å². The number of likely N-dealkylation sites (tertiary alicyclic amines) is 1. The maximum Gasteiger partial charge on any atom is 0.0348 e. The number of hydrogen-bond acceptors (Lipinski definition) is 3. The van der Waals surface area contributed by atoms with Crippen LogP contribution < -0.4 is 11.1 Å². The Labute approximate surface area is 131 Å². The molecule has 1 rings (SSSR count). The molecule has 0 aromatic carbocycles. The van der Waals surface area contributed by atoms with Crippen LogP contribution in [-0.4, -0.2) is 49.5 Å². The molecule has 0 bridgehead atoms. The van der Waals surface area contributed by atoms with E-state index in [0.29, 0.717) is 18.5 Å². The van der Waals surface area contributed by atoms with Crippen LogP contribution in [0.1, 0.15) is 20.3 Å². The fraction of sp³-hybridized carbons (Fsp3) is 0.923. The van der Waals surface area contributed by atoms with Crippen molar-refractivity contribution in [3.8, 4) is 0 Å². The molecule has 3 N–H and O–H groups in total. The maximum atomic E-state index is 5.69. The third-order valence-electron chi connectivity index (χ3n) is 3.68. The monoisotopic (exact) mass is 447 g/mol. The van der Waals surface area contributed by atoms with Gasteiger partial charge in [0.05, 0.1) is 0 Å². The van der Waals surface area contributed by atoms with Gasteiger partial charge in [0.25, 0.3) is 0 Å². The molecule has 1 fully saturated rings. The molecule has 0 saturated carbocycles. The van der Waals surface area contributed by atoms with Gasteiger partial charge in [-0.05, 0) is 24.8 Å². The van der Waals surface area contributed by atoms with Gasteiger partial charge in [-0.25, -0.2) is 0 Å². The number of alkyl halides is 1. The third kappa shape index (κ3) is 6.32. The largest absolute Gasteiger partial charge is 0.360 e. The van der Waals surface area contributed by atoms with Crippen LogP contribution in [0.5, 0.6) is 0 Å². The van der Waals surface area contributed by atoms with Gasteiger partial charge in [0.1, 0.15) is 0 Å². The van der Waals surface area contributed by atoms with Gasteiger partial charge in [0.15, 0.2) is 0 Å². The number of hydrogen-bond donors (Lipinski definition) is 2. The number of rotatable bonds is 8. The Bertz CT molecular complexity index is 205. The van der Waals surface area contributed by atoms with Gasteiger partial charge in [0, 0.05) is 45.4 Å². The molecule has 0 aromatic rings. The van der Waals surface area contributed by atoms with Crippen molar-refractivity contribution in [3.05, 3.63) is 6.42 Å². The number of nitrogens with one attached hydrogen (secondary N) is 1. The van der Waals surface area contributed by atoms with E-state index in [1.807, 2.05) is 0 Å². The van der Waals surface area contributed by atoms with E-state index in [1.165, 1.54) is 13.0 Å². The summed E-state index contributed by atoms with van der Waals surface area (Å²) in [4.78, 5) is 2.55. The summed E-state index contributed by atoms with van der Waals surface area (Å²) in [5, 5.41) is 3.42. The minimum absolute atomic E-state index is 0. The quantitative estimate of drug-likeness (QED) is 0.336. The van der Waals surface area contributed by atoms with E-state index in [0.717, 1.165) is 31.5 Å². The van der Waals surface area contributed by atoms with E-state index in [-0.39, 0.29) is 20.4 Å². The molecule has 1 aliphatic rings. The molecule has 3 nitrogen and oxygen atoms in total. The Morgan fingerprint density at radius 2 is 2.22 bits per heavy atom. The standard InChI is InChI=1S/C13H27ClN3.Re/c1-11(2)12-8-13(9-16-6-4-14)17(10-12)7-3-5-15;/h3,11-13,16H,4-10,15H2,1-2H3;/q-1;. The van der Waals surface area contributed by atoms with Crippen LogP contribution in [0.3, 0.4) is 0 Å². The van der Waals surface area contributed by atoms with E-state index < -0.39 is 0 Å². The molecule has 2 atom stereocenters. The van der Waals surface area contributed by atoms with Crippen LogP contribution >= 0.6 is 11.6 Å². The molecular weight excluding hydrogens is 420 g/mol. The molecule has 2 unspecified atom stereocenters. The van der Waals surface area contributed by atoms with Crippen LogP contribution in [0.4, 0.5) is 0 Å². The topological polar surface area (TPSA) is 41.3 Å². The molecule has 5 heteroatoms. The summed E-state index contributed by atoms with van der Waals surface area (Å²) in [6.07, 6.45) is 3.46. The van der Waals surface area contributed by atoms with Crippen molar-refractivity contribution in [1.82, 2.24) is 10.2 Å². The predicted octanol–water partition coefficient (Wildman–Crippen LogP) is 1.32. The molecule has 1 aliphatic heterocycles. The van der Waals surface area contributed by atoms with Crippen molar-refractivity contribution in [2.45, 2.75) is 26.3 Å². The van der Waals surface area contributed by atoms with Crippen molar-refractivity contribution in [2.75, 3.05) is 38.6 Å². The fourth-order valence-corrected chi connectivity index (χ4v) is 2.65. The van der Waals surface area contributed by atoms with Gasteiger partial charge in [-0.15, -0.1) is 24.7 Å². The summed E-state index contributed by atoms with van der Waals surface area (Å²) < 4.78 is 0. The van der Waals surface area contributed by atoms with Gasteiger partial charge < -0.3 is 22.4 Å². The molecule has 1 saturated heterocycles. The van der Waals surface area contributed by atoms with Gasteiger partial charge in [-0.1, -0.05) is 13.8 Å². The van der Waals surface area contributed by atoms with Gasteiger partial charge in [0.2, 0.25) is 0 Å². The van der Waals surface area contributed by atoms with E-state index in [9.17, 15) is 0 Å². The fourth-order valence-electron chi connectivity index (χ4n) is 2.52. The van der Waals surface area contributed by atoms with E-state index in [2.05, 4.69) is 30.5 Å². The van der Waals surface area contributed by atoms with Gasteiger partial charge >= 0.3 is 0 Å². The number of nitrogens with zero attached hydrogens (tertiary/aromatic N) is 1. The first-order valence-electron chi connectivity index (χ1n) is 6.71. The second kappa shape index (κ2) is 10.6. The van der Waals surface area contributed by atoms with Crippen LogP contribution in [0.15, 0.2) is 0 Å². The van der Waals surface area contributed by atoms with Crippen LogP contribution in [-0.2, 0) is 20.4 Å². The molecular formula is C13H27ClN3Re-. The van der Waals surface area contributed by atoms with Crippen molar-refractivity contribution >= 4 is 11.6 Å². The SMILES string of the molecule is CC(C)C1CC(CNCCCl)N(C[CH-]CN)C1.[Re]. The average molecular weight is 447 g/mol. The molecule has 0 spiro atoms. The normalized spacial score (nSPS) is 24.5. The molecule has 0 amide bonds. The van der Waals surface area contributed by atoms with E-state index in [4.69, 9.17) is 17.3 Å². The van der Waals surface area contributed by atoms with Gasteiger partial charge in [-0.2, -0.15) is 0 Å². The van der Waals surface area contributed by atoms with E-state index in [1.54, 1.807) is 0 Å². The van der Waals surface area contributed by atoms with Crippen LogP contribution in [0.2, 0.25) is 0 Å². The predicted molar refractivity (Wildman–Crippen MR) is 75.3 cm³/mol. The van der Waals surface area contributed by atoms with Crippen LogP contribution in [0, 0.1) is 18.3 Å². The Morgan fingerprint density at radius 3 is 2.78 bits per heavy atom. The molecule has 0 aromatic heterocycles. The summed E-state index contributed by atoms with van der Waals surface area (Å²) >= 11 is 5.69. The first kappa shape index (κ1) is 18.8. The smallest absolute Gasteiger partial charge is 0.0348 e. The second-order valence-corrected chi connectivity index (χ2v) is 5.64. The Hall–Kier alpha value is 0.832. The summed E-state index contributed by atoms with van der Waals surface area (Å²) in [6, 6.07) is 0.647. The summed E-state index contributed by atoms with van der Waals surface area (Å²) in [5.74, 6) is 2.28. The van der Waals surface area contributed by atoms with Crippen molar-refractivity contribution < 1.29 is 20.4 Å². The average Bonchev–Trinajstić information content (AvgIpc) is 2.70. The minimum Gasteiger partial charge on any atom is -0.360 e. The minimum atomic E-state index is 0. The Morgan fingerprint density at radius 1 is 1.50 bits per heavy atom. The molecule has 1 radical (unpaired) electrons. The third-order valence-corrected chi connectivity index (χ3v) is 3.87. The zero-order valence-corrected chi connectivity index (χ0v) is 15.0. The molecule has 0 aliphatic carbocycles. The second-order valence-electron chi connectivity index (χ2n) is 5.27. The first-order valence-corrected chi connectivity index (χ1v) is 7.25. The van der Waals surface area contributed by atoms with Crippen molar-refractivity contribution in [2.24, 2.45) is 17.6 Å². The molecule has 18 heavy (non-hydrogen) atoms. The summed E-state index contributed by atoms with van der Waals surface area (Å²) in [6.45, 7) is 9.50. The zero-order chi connectivity index (χ0) is 12.7. The maximum absolute atomic E-state index is 5.69. The molecule has 109 valence electrons. The first-order chi connectivity index (χ1) is 8.19. The molecule has 1 heterocycles. The Kier molecular flexibility index (Phi) is 11.1.